The summed E-state index contributed by atoms with van der Waals surface area (Å²) in [6.45, 7) is 4.76. The number of nitro benzene ring substituents is 1. The second-order valence-electron chi connectivity index (χ2n) is 6.68. The van der Waals surface area contributed by atoms with Gasteiger partial charge in [-0.2, -0.15) is 0 Å². The Morgan fingerprint density at radius 2 is 1.77 bits per heavy atom. The smallest absolute Gasteiger partial charge is 0.320 e. The Labute approximate surface area is 179 Å². The van der Waals surface area contributed by atoms with Gasteiger partial charge in [0.05, 0.1) is 11.5 Å². The van der Waals surface area contributed by atoms with Crippen LogP contribution in [0.4, 0.5) is 21.9 Å². The summed E-state index contributed by atoms with van der Waals surface area (Å²) in [5.41, 5.74) is 1.63. The lowest BCUT2D eigenvalue weighted by molar-refractivity contribution is -0.384. The summed E-state index contributed by atoms with van der Waals surface area (Å²) in [4.78, 5) is 37.4. The van der Waals surface area contributed by atoms with E-state index in [0.717, 1.165) is 0 Å². The van der Waals surface area contributed by atoms with Crippen LogP contribution in [0.25, 0.3) is 0 Å². The molecule has 1 aliphatic heterocycles. The Balaban J connectivity index is 1.73. The van der Waals surface area contributed by atoms with E-state index in [1.807, 2.05) is 19.9 Å². The molecular weight excluding hydrogens is 404 g/mol. The van der Waals surface area contributed by atoms with E-state index in [-0.39, 0.29) is 18.1 Å². The normalized spacial score (nSPS) is 15.1. The lowest BCUT2D eigenvalue weighted by Crippen LogP contribution is -2.43. The van der Waals surface area contributed by atoms with Gasteiger partial charge in [0, 0.05) is 42.3 Å². The standard InChI is InChI=1S/C21H24N4O6/c1-3-30-18(31-4-2)13-24-17-8-6-5-7-16(17)19(20(24)26)23-21(27)22-14-9-11-15(12-10-14)25(28)29/h5-12,18-19H,3-4,13H2,1-2H3,(H2,22,23,27). The maximum atomic E-state index is 13.1. The number of amides is 3. The van der Waals surface area contributed by atoms with E-state index >= 15 is 0 Å². The molecule has 1 aliphatic rings. The molecule has 1 atom stereocenters. The van der Waals surface area contributed by atoms with E-state index in [2.05, 4.69) is 10.6 Å². The fourth-order valence-electron chi connectivity index (χ4n) is 3.35. The van der Waals surface area contributed by atoms with Gasteiger partial charge in [0.25, 0.3) is 11.6 Å². The molecule has 31 heavy (non-hydrogen) atoms. The lowest BCUT2D eigenvalue weighted by atomic mass is 10.1. The summed E-state index contributed by atoms with van der Waals surface area (Å²) in [6.07, 6.45) is -0.584. The highest BCUT2D eigenvalue weighted by Gasteiger charge is 2.39. The van der Waals surface area contributed by atoms with Crippen LogP contribution in [0.1, 0.15) is 25.5 Å². The third-order valence-corrected chi connectivity index (χ3v) is 4.70. The van der Waals surface area contributed by atoms with Gasteiger partial charge in [0.1, 0.15) is 6.04 Å². The molecule has 0 aromatic heterocycles. The minimum absolute atomic E-state index is 0.0837. The second kappa shape index (κ2) is 10.0. The van der Waals surface area contributed by atoms with Crippen molar-refractivity contribution in [1.29, 1.82) is 0 Å². The van der Waals surface area contributed by atoms with Crippen LogP contribution in [0.3, 0.4) is 0 Å². The summed E-state index contributed by atoms with van der Waals surface area (Å²) in [5, 5.41) is 16.0. The number of carbonyl (C=O) groups excluding carboxylic acids is 2. The number of anilines is 2. The number of rotatable bonds is 9. The molecule has 2 aromatic carbocycles. The molecule has 0 bridgehead atoms. The summed E-state index contributed by atoms with van der Waals surface area (Å²) in [6, 6.07) is 11.1. The minimum atomic E-state index is -0.877. The van der Waals surface area contributed by atoms with Gasteiger partial charge >= 0.3 is 6.03 Å². The largest absolute Gasteiger partial charge is 0.351 e. The van der Waals surface area contributed by atoms with Crippen LogP contribution in [0.5, 0.6) is 0 Å². The summed E-state index contributed by atoms with van der Waals surface area (Å²) in [5.74, 6) is -0.301. The van der Waals surface area contributed by atoms with Gasteiger partial charge in [0.2, 0.25) is 0 Å². The van der Waals surface area contributed by atoms with Crippen molar-refractivity contribution in [2.45, 2.75) is 26.2 Å². The van der Waals surface area contributed by atoms with Crippen LogP contribution in [0, 0.1) is 10.1 Å². The Kier molecular flexibility index (Phi) is 7.16. The molecule has 0 saturated heterocycles. The maximum absolute atomic E-state index is 13.1. The first-order valence-electron chi connectivity index (χ1n) is 9.90. The van der Waals surface area contributed by atoms with Crippen LogP contribution in [-0.2, 0) is 14.3 Å². The van der Waals surface area contributed by atoms with Crippen molar-refractivity contribution < 1.29 is 24.0 Å². The van der Waals surface area contributed by atoms with E-state index < -0.39 is 23.3 Å². The molecule has 2 aromatic rings. The predicted octanol–water partition coefficient (Wildman–Crippen LogP) is 3.20. The number of hydrogen-bond acceptors (Lipinski definition) is 6. The van der Waals surface area contributed by atoms with E-state index in [0.29, 0.717) is 30.2 Å². The fraction of sp³-hybridized carbons (Fsp3) is 0.333. The van der Waals surface area contributed by atoms with Gasteiger partial charge in [0.15, 0.2) is 6.29 Å². The molecule has 3 amide bonds. The van der Waals surface area contributed by atoms with E-state index in [1.165, 1.54) is 24.3 Å². The van der Waals surface area contributed by atoms with Crippen LogP contribution >= 0.6 is 0 Å². The summed E-state index contributed by atoms with van der Waals surface area (Å²) < 4.78 is 11.1. The lowest BCUT2D eigenvalue weighted by Gasteiger charge is -2.24. The van der Waals surface area contributed by atoms with Crippen molar-refractivity contribution in [3.8, 4) is 0 Å². The summed E-state index contributed by atoms with van der Waals surface area (Å²) in [7, 11) is 0. The Bertz CT molecular complexity index is 943. The Morgan fingerprint density at radius 1 is 1.13 bits per heavy atom. The highest BCUT2D eigenvalue weighted by molar-refractivity contribution is 6.07. The topological polar surface area (TPSA) is 123 Å². The number of nitro groups is 1. The van der Waals surface area contributed by atoms with Crippen molar-refractivity contribution >= 4 is 29.0 Å². The molecule has 0 aliphatic carbocycles. The SMILES string of the molecule is CCOC(CN1C(=O)C(NC(=O)Nc2ccc([N+](=O)[O-])cc2)c2ccccc21)OCC. The van der Waals surface area contributed by atoms with Gasteiger partial charge in [-0.1, -0.05) is 18.2 Å². The van der Waals surface area contributed by atoms with Crippen molar-refractivity contribution in [3.63, 3.8) is 0 Å². The third kappa shape index (κ3) is 5.16. The van der Waals surface area contributed by atoms with Gasteiger partial charge in [-0.3, -0.25) is 14.9 Å². The van der Waals surface area contributed by atoms with Gasteiger partial charge in [-0.05, 0) is 32.0 Å². The number of para-hydroxylation sites is 1. The molecule has 3 rings (SSSR count). The zero-order valence-electron chi connectivity index (χ0n) is 17.2. The highest BCUT2D eigenvalue weighted by atomic mass is 16.7. The van der Waals surface area contributed by atoms with E-state index in [1.54, 1.807) is 23.1 Å². The Hall–Kier alpha value is -3.50. The predicted molar refractivity (Wildman–Crippen MR) is 114 cm³/mol. The van der Waals surface area contributed by atoms with Gasteiger partial charge in [-0.15, -0.1) is 0 Å². The molecule has 1 unspecified atom stereocenters. The maximum Gasteiger partial charge on any atom is 0.320 e. The van der Waals surface area contributed by atoms with Crippen molar-refractivity contribution in [2.24, 2.45) is 0 Å². The zero-order valence-corrected chi connectivity index (χ0v) is 17.2. The molecule has 10 heteroatoms. The molecule has 10 nitrogen and oxygen atoms in total. The van der Waals surface area contributed by atoms with Crippen LogP contribution in [0.15, 0.2) is 48.5 Å². The first kappa shape index (κ1) is 22.2. The fourth-order valence-corrected chi connectivity index (χ4v) is 3.35. The third-order valence-electron chi connectivity index (χ3n) is 4.70. The molecular formula is C21H24N4O6. The number of nitrogens with one attached hydrogen (secondary N) is 2. The average Bonchev–Trinajstić information content (AvgIpc) is 3.00. The molecule has 1 heterocycles. The number of carbonyl (C=O) groups is 2. The zero-order chi connectivity index (χ0) is 22.4. The van der Waals surface area contributed by atoms with Crippen molar-refractivity contribution in [1.82, 2.24) is 5.32 Å². The monoisotopic (exact) mass is 428 g/mol. The average molecular weight is 428 g/mol. The quantitative estimate of drug-likeness (QED) is 0.359. The number of hydrogen-bond donors (Lipinski definition) is 2. The van der Waals surface area contributed by atoms with Crippen LogP contribution in [0.2, 0.25) is 0 Å². The van der Waals surface area contributed by atoms with Gasteiger partial charge in [-0.25, -0.2) is 4.79 Å². The molecule has 0 fully saturated rings. The van der Waals surface area contributed by atoms with E-state index in [4.69, 9.17) is 9.47 Å². The van der Waals surface area contributed by atoms with Crippen molar-refractivity contribution in [3.05, 3.63) is 64.2 Å². The molecule has 0 spiro atoms. The number of fused-ring (bicyclic) bond motifs is 1. The molecule has 164 valence electrons. The number of non-ortho nitro benzene ring substituents is 1. The first-order chi connectivity index (χ1) is 14.9. The number of nitrogens with zero attached hydrogens (tertiary/aromatic N) is 2. The number of ether oxygens (including phenoxy) is 2. The molecule has 0 saturated carbocycles. The first-order valence-corrected chi connectivity index (χ1v) is 9.90. The number of benzene rings is 2. The molecule has 0 radical (unpaired) electrons. The molecule has 2 N–H and O–H groups in total. The number of urea groups is 1. The van der Waals surface area contributed by atoms with E-state index in [9.17, 15) is 19.7 Å². The van der Waals surface area contributed by atoms with Gasteiger partial charge < -0.3 is 25.0 Å². The highest BCUT2D eigenvalue weighted by Crippen LogP contribution is 2.36. The van der Waals surface area contributed by atoms with Crippen molar-refractivity contribution in [2.75, 3.05) is 30.0 Å². The minimum Gasteiger partial charge on any atom is -0.351 e. The summed E-state index contributed by atoms with van der Waals surface area (Å²) >= 11 is 0. The van der Waals surface area contributed by atoms with Crippen LogP contribution in [-0.4, -0.2) is 42.9 Å². The second-order valence-corrected chi connectivity index (χ2v) is 6.68. The Morgan fingerprint density at radius 3 is 2.39 bits per heavy atom. The van der Waals surface area contributed by atoms with Crippen LogP contribution < -0.4 is 15.5 Å².